The molecule has 0 fully saturated rings. The lowest BCUT2D eigenvalue weighted by Crippen LogP contribution is -2.34. The summed E-state index contributed by atoms with van der Waals surface area (Å²) >= 11 is 3.07. The number of hydrogen-bond acceptors (Lipinski definition) is 6. The van der Waals surface area contributed by atoms with Gasteiger partial charge in [0, 0.05) is 16.7 Å². The molecule has 0 spiro atoms. The van der Waals surface area contributed by atoms with Crippen LogP contribution in [0.5, 0.6) is 5.75 Å². The molecule has 2 aromatic carbocycles. The third-order valence-corrected chi connectivity index (χ3v) is 7.17. The van der Waals surface area contributed by atoms with Crippen molar-refractivity contribution >= 4 is 37.6 Å². The number of fused-ring (bicyclic) bond motifs is 3. The molecule has 0 aromatic heterocycles. The van der Waals surface area contributed by atoms with Crippen LogP contribution >= 0.6 is 15.9 Å². The first-order valence-corrected chi connectivity index (χ1v) is 11.6. The fraction of sp³-hybridized carbons (Fsp3) is 0.273. The Morgan fingerprint density at radius 3 is 2.37 bits per heavy atom. The molecule has 6 nitrogen and oxygen atoms in total. The van der Waals surface area contributed by atoms with Gasteiger partial charge >= 0.3 is 10.1 Å². The lowest BCUT2D eigenvalue weighted by atomic mass is 9.84. The van der Waals surface area contributed by atoms with E-state index in [-0.39, 0.29) is 20.5 Å². The van der Waals surface area contributed by atoms with E-state index in [0.717, 1.165) is 5.56 Å². The molecule has 1 heterocycles. The molecule has 4 rings (SSSR count). The predicted molar refractivity (Wildman–Crippen MR) is 114 cm³/mol. The Kier molecular flexibility index (Phi) is 4.90. The van der Waals surface area contributed by atoms with Crippen molar-refractivity contribution in [3.05, 3.63) is 68.9 Å². The van der Waals surface area contributed by atoms with Gasteiger partial charge in [-0.2, -0.15) is 8.42 Å². The van der Waals surface area contributed by atoms with Gasteiger partial charge in [-0.25, -0.2) is 0 Å². The van der Waals surface area contributed by atoms with Crippen molar-refractivity contribution in [2.24, 2.45) is 0 Å². The smallest absolute Gasteiger partial charge is 0.339 e. The van der Waals surface area contributed by atoms with Gasteiger partial charge in [0.15, 0.2) is 0 Å². The quantitative estimate of drug-likeness (QED) is 0.589. The maximum atomic E-state index is 13.3. The predicted octanol–water partition coefficient (Wildman–Crippen LogP) is 4.49. The second-order valence-corrected chi connectivity index (χ2v) is 10.3. The molecule has 30 heavy (non-hydrogen) atoms. The summed E-state index contributed by atoms with van der Waals surface area (Å²) in [5.74, 6) is -1.19. The minimum Gasteiger partial charge on any atom is -0.488 e. The molecule has 1 aliphatic carbocycles. The topological polar surface area (TPSA) is 86.7 Å². The van der Waals surface area contributed by atoms with Crippen LogP contribution in [-0.2, 0) is 20.7 Å². The molecule has 0 amide bonds. The molecule has 2 aromatic rings. The van der Waals surface area contributed by atoms with Gasteiger partial charge in [-0.1, -0.05) is 17.7 Å². The van der Waals surface area contributed by atoms with Crippen LogP contribution in [-0.4, -0.2) is 25.6 Å². The van der Waals surface area contributed by atoms with Crippen molar-refractivity contribution in [3.63, 3.8) is 0 Å². The molecule has 0 atom stereocenters. The van der Waals surface area contributed by atoms with E-state index in [4.69, 9.17) is 8.92 Å². The van der Waals surface area contributed by atoms with Gasteiger partial charge in [0.1, 0.15) is 20.7 Å². The van der Waals surface area contributed by atoms with Crippen LogP contribution in [0.15, 0.2) is 51.5 Å². The zero-order valence-electron chi connectivity index (χ0n) is 16.6. The maximum Gasteiger partial charge on any atom is 0.339 e. The van der Waals surface area contributed by atoms with E-state index in [0.29, 0.717) is 24.2 Å². The standard InChI is InChI=1S/C22H19BrO6S/c1-12-4-6-13(7-5-12)30(26,27)29-21-18(23)19(24)15-8-9-16-14(17(15)20(21)25)10-11-22(2,3)28-16/h4-9H,10-11H2,1-3H3. The molecule has 2 aliphatic rings. The highest BCUT2D eigenvalue weighted by Gasteiger charge is 2.40. The number of carbonyl (C=O) groups is 2. The zero-order valence-corrected chi connectivity index (χ0v) is 19.0. The van der Waals surface area contributed by atoms with Gasteiger partial charge in [-0.05, 0) is 73.8 Å². The van der Waals surface area contributed by atoms with Crippen LogP contribution in [0.1, 0.15) is 52.1 Å². The van der Waals surface area contributed by atoms with Crippen LogP contribution in [0.25, 0.3) is 0 Å². The Hall–Kier alpha value is -2.45. The first-order valence-electron chi connectivity index (χ1n) is 9.35. The fourth-order valence-corrected chi connectivity index (χ4v) is 5.09. The third kappa shape index (κ3) is 3.48. The number of halogens is 1. The van der Waals surface area contributed by atoms with Crippen LogP contribution in [0.2, 0.25) is 0 Å². The maximum absolute atomic E-state index is 13.3. The molecule has 0 saturated heterocycles. The number of hydrogen-bond donors (Lipinski definition) is 0. The van der Waals surface area contributed by atoms with E-state index in [1.165, 1.54) is 18.2 Å². The van der Waals surface area contributed by atoms with Gasteiger partial charge in [0.25, 0.3) is 0 Å². The summed E-state index contributed by atoms with van der Waals surface area (Å²) in [6, 6.07) is 9.23. The summed E-state index contributed by atoms with van der Waals surface area (Å²) in [6.45, 7) is 5.71. The van der Waals surface area contributed by atoms with Crippen molar-refractivity contribution in [3.8, 4) is 5.75 Å². The highest BCUT2D eigenvalue weighted by molar-refractivity contribution is 9.12. The number of aryl methyl sites for hydroxylation is 1. The SMILES string of the molecule is Cc1ccc(S(=O)(=O)OC2=C(Br)C(=O)c3ccc4c(c3C2=O)CCC(C)(C)O4)cc1. The highest BCUT2D eigenvalue weighted by Crippen LogP contribution is 2.41. The van der Waals surface area contributed by atoms with Crippen molar-refractivity contribution in [2.45, 2.75) is 44.1 Å². The fourth-order valence-electron chi connectivity index (χ4n) is 3.57. The van der Waals surface area contributed by atoms with E-state index in [2.05, 4.69) is 15.9 Å². The summed E-state index contributed by atoms with van der Waals surface area (Å²) in [5.41, 5.74) is 1.42. The Morgan fingerprint density at radius 2 is 1.70 bits per heavy atom. The van der Waals surface area contributed by atoms with E-state index in [9.17, 15) is 18.0 Å². The van der Waals surface area contributed by atoms with Crippen LogP contribution in [0.4, 0.5) is 0 Å². The molecule has 0 unspecified atom stereocenters. The molecule has 1 aliphatic heterocycles. The van der Waals surface area contributed by atoms with Gasteiger partial charge in [-0.3, -0.25) is 9.59 Å². The van der Waals surface area contributed by atoms with Crippen LogP contribution in [0, 0.1) is 6.92 Å². The van der Waals surface area contributed by atoms with E-state index < -0.39 is 33.0 Å². The molecular formula is C22H19BrO6S. The largest absolute Gasteiger partial charge is 0.488 e. The molecule has 0 N–H and O–H groups in total. The number of ether oxygens (including phenoxy) is 1. The Labute approximate surface area is 183 Å². The van der Waals surface area contributed by atoms with Gasteiger partial charge < -0.3 is 8.92 Å². The zero-order chi connectivity index (χ0) is 21.8. The van der Waals surface area contributed by atoms with Crippen LogP contribution in [0.3, 0.4) is 0 Å². The normalized spacial score (nSPS) is 17.9. The molecule has 156 valence electrons. The first-order chi connectivity index (χ1) is 14.0. The molecule has 0 bridgehead atoms. The summed E-state index contributed by atoms with van der Waals surface area (Å²) in [7, 11) is -4.30. The molecular weight excluding hydrogens is 472 g/mol. The average Bonchev–Trinajstić information content (AvgIpc) is 2.68. The van der Waals surface area contributed by atoms with Gasteiger partial charge in [-0.15, -0.1) is 0 Å². The summed E-state index contributed by atoms with van der Waals surface area (Å²) in [6.07, 6.45) is 1.18. The van der Waals surface area contributed by atoms with Crippen molar-refractivity contribution in [1.29, 1.82) is 0 Å². The highest BCUT2D eigenvalue weighted by atomic mass is 79.9. The summed E-state index contributed by atoms with van der Waals surface area (Å²) < 4.78 is 36.4. The minimum absolute atomic E-state index is 0.105. The van der Waals surface area contributed by atoms with Crippen molar-refractivity contribution in [1.82, 2.24) is 0 Å². The van der Waals surface area contributed by atoms with E-state index >= 15 is 0 Å². The molecule has 0 radical (unpaired) electrons. The van der Waals surface area contributed by atoms with E-state index in [1.54, 1.807) is 18.2 Å². The van der Waals surface area contributed by atoms with Gasteiger partial charge in [0.05, 0.1) is 0 Å². The number of Topliss-reactive ketones (excluding diaryl/α,β-unsaturated/α-hetero) is 2. The summed E-state index contributed by atoms with van der Waals surface area (Å²) in [4.78, 5) is 26.1. The first kappa shape index (κ1) is 20.8. The van der Waals surface area contributed by atoms with Gasteiger partial charge in [0.2, 0.25) is 17.3 Å². The monoisotopic (exact) mass is 490 g/mol. The molecule has 8 heteroatoms. The Morgan fingerprint density at radius 1 is 1.03 bits per heavy atom. The lowest BCUT2D eigenvalue weighted by Gasteiger charge is -2.34. The van der Waals surface area contributed by atoms with Crippen molar-refractivity contribution < 1.29 is 26.9 Å². The lowest BCUT2D eigenvalue weighted by molar-refractivity contribution is 0.0824. The van der Waals surface area contributed by atoms with E-state index in [1.807, 2.05) is 20.8 Å². The number of ketones is 2. The Bertz CT molecular complexity index is 1220. The Balaban J connectivity index is 1.78. The summed E-state index contributed by atoms with van der Waals surface area (Å²) in [5, 5.41) is 0. The average molecular weight is 491 g/mol. The second-order valence-electron chi connectivity index (χ2n) is 7.98. The number of allylic oxidation sites excluding steroid dienone is 2. The number of carbonyl (C=O) groups excluding carboxylic acids is 2. The number of benzene rings is 2. The minimum atomic E-state index is -4.30. The van der Waals surface area contributed by atoms with Crippen molar-refractivity contribution in [2.75, 3.05) is 0 Å². The molecule has 0 saturated carbocycles. The number of rotatable bonds is 3. The second kappa shape index (κ2) is 7.06. The third-order valence-electron chi connectivity index (χ3n) is 5.21. The van der Waals surface area contributed by atoms with Crippen LogP contribution < -0.4 is 4.74 Å².